The minimum Gasteiger partial charge on any atom is -0.306 e. The fraction of sp³-hybridized carbons (Fsp3) is 0.333. The molecule has 1 unspecified atom stereocenters. The fourth-order valence-electron chi connectivity index (χ4n) is 2.42. The van der Waals surface area contributed by atoms with E-state index >= 15 is 0 Å². The second-order valence-electron chi connectivity index (χ2n) is 5.63. The van der Waals surface area contributed by atoms with Crippen LogP contribution in [0.25, 0.3) is 0 Å². The molecule has 2 nitrogen and oxygen atoms in total. The molecule has 0 amide bonds. The van der Waals surface area contributed by atoms with E-state index in [0.29, 0.717) is 0 Å². The third kappa shape index (κ3) is 4.57. The molecule has 0 bridgehead atoms. The van der Waals surface area contributed by atoms with Crippen molar-refractivity contribution in [3.8, 4) is 0 Å². The van der Waals surface area contributed by atoms with E-state index in [0.717, 1.165) is 23.7 Å². The number of hydrogen-bond donors (Lipinski definition) is 1. The quantitative estimate of drug-likeness (QED) is 0.858. The zero-order valence-electron chi connectivity index (χ0n) is 12.9. The van der Waals surface area contributed by atoms with Gasteiger partial charge in [0.15, 0.2) is 0 Å². The Labute approximate surface area is 132 Å². The summed E-state index contributed by atoms with van der Waals surface area (Å²) in [6.07, 6.45) is 0. The summed E-state index contributed by atoms with van der Waals surface area (Å²) in [6, 6.07) is 16.8. The van der Waals surface area contributed by atoms with E-state index < -0.39 is 0 Å². The van der Waals surface area contributed by atoms with Crippen molar-refractivity contribution in [1.29, 1.82) is 0 Å². The Morgan fingerprint density at radius 2 is 1.62 bits per heavy atom. The van der Waals surface area contributed by atoms with Crippen molar-refractivity contribution in [1.82, 2.24) is 10.2 Å². The lowest BCUT2D eigenvalue weighted by atomic mass is 10.1. The predicted molar refractivity (Wildman–Crippen MR) is 90.5 cm³/mol. The summed E-state index contributed by atoms with van der Waals surface area (Å²) < 4.78 is 0. The van der Waals surface area contributed by atoms with E-state index in [1.165, 1.54) is 11.1 Å². The average molecular weight is 303 g/mol. The van der Waals surface area contributed by atoms with Crippen molar-refractivity contribution in [2.24, 2.45) is 0 Å². The van der Waals surface area contributed by atoms with Gasteiger partial charge in [0, 0.05) is 24.2 Å². The zero-order valence-corrected chi connectivity index (χ0v) is 13.7. The van der Waals surface area contributed by atoms with E-state index in [9.17, 15) is 0 Å². The van der Waals surface area contributed by atoms with Gasteiger partial charge in [0.25, 0.3) is 0 Å². The summed E-state index contributed by atoms with van der Waals surface area (Å²) in [4.78, 5) is 2.19. The summed E-state index contributed by atoms with van der Waals surface area (Å²) in [5.74, 6) is 0. The van der Waals surface area contributed by atoms with Crippen molar-refractivity contribution in [3.05, 3.63) is 70.2 Å². The first-order valence-electron chi connectivity index (χ1n) is 7.27. The fourth-order valence-corrected chi connectivity index (χ4v) is 2.72. The summed E-state index contributed by atoms with van der Waals surface area (Å²) in [6.45, 7) is 3.95. The summed E-state index contributed by atoms with van der Waals surface area (Å²) in [5.41, 5.74) is 3.84. The van der Waals surface area contributed by atoms with Gasteiger partial charge in [-0.1, -0.05) is 54.1 Å². The highest BCUT2D eigenvalue weighted by molar-refractivity contribution is 6.31. The molecule has 0 saturated carbocycles. The molecule has 21 heavy (non-hydrogen) atoms. The number of rotatable bonds is 6. The van der Waals surface area contributed by atoms with Crippen LogP contribution in [0.3, 0.4) is 0 Å². The van der Waals surface area contributed by atoms with Crippen LogP contribution in [0.1, 0.15) is 29.7 Å². The minimum absolute atomic E-state index is 0.228. The van der Waals surface area contributed by atoms with Crippen LogP contribution in [0.5, 0.6) is 0 Å². The van der Waals surface area contributed by atoms with E-state index in [1.807, 2.05) is 18.2 Å². The number of nitrogens with zero attached hydrogens (tertiary/aromatic N) is 1. The summed E-state index contributed by atoms with van der Waals surface area (Å²) in [7, 11) is 4.19. The van der Waals surface area contributed by atoms with Gasteiger partial charge in [-0.2, -0.15) is 0 Å². The lowest BCUT2D eigenvalue weighted by Gasteiger charge is -2.18. The van der Waals surface area contributed by atoms with Gasteiger partial charge in [0.05, 0.1) is 0 Å². The molecular formula is C18H23ClN2. The lowest BCUT2D eigenvalue weighted by Crippen LogP contribution is -2.20. The highest BCUT2D eigenvalue weighted by Crippen LogP contribution is 2.22. The molecule has 2 rings (SSSR count). The maximum atomic E-state index is 6.25. The molecule has 2 aromatic rings. The van der Waals surface area contributed by atoms with Gasteiger partial charge >= 0.3 is 0 Å². The molecule has 0 saturated heterocycles. The van der Waals surface area contributed by atoms with Gasteiger partial charge in [-0.15, -0.1) is 0 Å². The first-order valence-corrected chi connectivity index (χ1v) is 7.65. The van der Waals surface area contributed by atoms with Gasteiger partial charge in [-0.05, 0) is 43.8 Å². The highest BCUT2D eigenvalue weighted by atomic mass is 35.5. The van der Waals surface area contributed by atoms with Crippen molar-refractivity contribution in [3.63, 3.8) is 0 Å². The second kappa shape index (κ2) is 7.60. The van der Waals surface area contributed by atoms with Gasteiger partial charge in [-0.3, -0.25) is 0 Å². The Morgan fingerprint density at radius 1 is 1.00 bits per heavy atom. The van der Waals surface area contributed by atoms with Crippen molar-refractivity contribution < 1.29 is 0 Å². The molecule has 0 aliphatic heterocycles. The first-order chi connectivity index (χ1) is 10.1. The minimum atomic E-state index is 0.228. The van der Waals surface area contributed by atoms with Crippen LogP contribution >= 0.6 is 11.6 Å². The topological polar surface area (TPSA) is 15.3 Å². The van der Waals surface area contributed by atoms with E-state index in [-0.39, 0.29) is 6.04 Å². The van der Waals surface area contributed by atoms with Gasteiger partial charge in [0.2, 0.25) is 0 Å². The predicted octanol–water partition coefficient (Wildman–Crippen LogP) is 4.25. The molecule has 0 aliphatic rings. The second-order valence-corrected chi connectivity index (χ2v) is 6.04. The number of nitrogens with one attached hydrogen (secondary N) is 1. The van der Waals surface area contributed by atoms with E-state index in [4.69, 9.17) is 11.6 Å². The monoisotopic (exact) mass is 302 g/mol. The number of benzene rings is 2. The Kier molecular flexibility index (Phi) is 5.80. The van der Waals surface area contributed by atoms with Crippen LogP contribution in [0.4, 0.5) is 0 Å². The molecule has 1 N–H and O–H groups in total. The molecule has 0 aromatic heterocycles. The molecule has 0 heterocycles. The maximum absolute atomic E-state index is 6.25. The third-order valence-electron chi connectivity index (χ3n) is 3.58. The van der Waals surface area contributed by atoms with E-state index in [1.54, 1.807) is 0 Å². The average Bonchev–Trinajstić information content (AvgIpc) is 2.46. The van der Waals surface area contributed by atoms with Gasteiger partial charge in [-0.25, -0.2) is 0 Å². The number of halogens is 1. The van der Waals surface area contributed by atoms with Crippen molar-refractivity contribution >= 4 is 11.6 Å². The van der Waals surface area contributed by atoms with Crippen LogP contribution in [0.2, 0.25) is 5.02 Å². The Bertz CT molecular complexity index is 581. The normalized spacial score (nSPS) is 12.6. The Balaban J connectivity index is 2.05. The van der Waals surface area contributed by atoms with Crippen molar-refractivity contribution in [2.75, 3.05) is 14.1 Å². The number of hydrogen-bond acceptors (Lipinski definition) is 2. The molecular weight excluding hydrogens is 280 g/mol. The third-order valence-corrected chi connectivity index (χ3v) is 3.92. The Hall–Kier alpha value is -1.35. The lowest BCUT2D eigenvalue weighted by molar-refractivity contribution is 0.400. The van der Waals surface area contributed by atoms with Gasteiger partial charge < -0.3 is 10.2 Å². The van der Waals surface area contributed by atoms with Crippen LogP contribution < -0.4 is 5.32 Å². The molecule has 2 aromatic carbocycles. The van der Waals surface area contributed by atoms with Crippen LogP contribution in [0, 0.1) is 0 Å². The van der Waals surface area contributed by atoms with Crippen LogP contribution in [-0.4, -0.2) is 19.0 Å². The largest absolute Gasteiger partial charge is 0.306 e. The summed E-state index contributed by atoms with van der Waals surface area (Å²) in [5, 5.41) is 4.39. The molecule has 3 heteroatoms. The standard InChI is InChI=1S/C18H23ClN2/c1-14(17-10-6-7-11-18(17)19)20-12-15-8-4-5-9-16(15)13-21(2)3/h4-11,14,20H,12-13H2,1-3H3. The molecule has 0 aliphatic carbocycles. The van der Waals surface area contributed by atoms with E-state index in [2.05, 4.69) is 61.6 Å². The molecule has 0 spiro atoms. The van der Waals surface area contributed by atoms with Crippen LogP contribution in [-0.2, 0) is 13.1 Å². The maximum Gasteiger partial charge on any atom is 0.0453 e. The van der Waals surface area contributed by atoms with Crippen LogP contribution in [0.15, 0.2) is 48.5 Å². The summed E-state index contributed by atoms with van der Waals surface area (Å²) >= 11 is 6.25. The highest BCUT2D eigenvalue weighted by Gasteiger charge is 2.09. The molecule has 1 atom stereocenters. The smallest absolute Gasteiger partial charge is 0.0453 e. The first kappa shape index (κ1) is 16.0. The molecule has 0 radical (unpaired) electrons. The zero-order chi connectivity index (χ0) is 15.2. The SMILES string of the molecule is CC(NCc1ccccc1CN(C)C)c1ccccc1Cl. The van der Waals surface area contributed by atoms with Crippen molar-refractivity contribution in [2.45, 2.75) is 26.1 Å². The molecule has 112 valence electrons. The molecule has 0 fully saturated rings. The van der Waals surface area contributed by atoms with Gasteiger partial charge in [0.1, 0.15) is 0 Å². The Morgan fingerprint density at radius 3 is 2.29 bits per heavy atom.